The number of alkyl halides is 3. The van der Waals surface area contributed by atoms with Crippen LogP contribution in [-0.2, 0) is 0 Å². The zero-order valence-corrected chi connectivity index (χ0v) is 8.38. The molecule has 1 heterocycles. The molecule has 1 aliphatic carbocycles. The number of nitrogens with one attached hydrogen (secondary N) is 1. The number of hydrogen-bond donors (Lipinski definition) is 2. The summed E-state index contributed by atoms with van der Waals surface area (Å²) in [6, 6.07) is 1.30. The minimum absolute atomic E-state index is 0.131. The van der Waals surface area contributed by atoms with Crippen molar-refractivity contribution in [3.63, 3.8) is 0 Å². The summed E-state index contributed by atoms with van der Waals surface area (Å²) >= 11 is 0. The summed E-state index contributed by atoms with van der Waals surface area (Å²) in [5.41, 5.74) is 5.49. The predicted molar refractivity (Wildman–Crippen MR) is 53.0 cm³/mol. The molecule has 1 aromatic rings. The van der Waals surface area contributed by atoms with Crippen molar-refractivity contribution >= 4 is 11.6 Å². The van der Waals surface area contributed by atoms with E-state index in [9.17, 15) is 13.2 Å². The predicted octanol–water partition coefficient (Wildman–Crippen LogP) is 1.91. The van der Waals surface area contributed by atoms with Crippen LogP contribution in [0.2, 0.25) is 0 Å². The molecule has 0 aromatic carbocycles. The van der Waals surface area contributed by atoms with Crippen LogP contribution in [0.15, 0.2) is 6.07 Å². The lowest BCUT2D eigenvalue weighted by Gasteiger charge is -2.10. The number of hydrogen-bond acceptors (Lipinski definition) is 4. The number of halogens is 3. The maximum Gasteiger partial charge on any atom is 0.405 e. The Balaban J connectivity index is 2.08. The lowest BCUT2D eigenvalue weighted by molar-refractivity contribution is -0.115. The van der Waals surface area contributed by atoms with Gasteiger partial charge >= 0.3 is 6.18 Å². The standard InChI is InChI=1S/C9H11F3N4/c10-9(11,12)4-14-7-3-6(13)15-8(16-7)5-1-2-5/h3,5H,1-2,4H2,(H3,13,14,15,16). The first-order valence-corrected chi connectivity index (χ1v) is 4.89. The monoisotopic (exact) mass is 232 g/mol. The first-order valence-electron chi connectivity index (χ1n) is 4.89. The average Bonchev–Trinajstić information content (AvgIpc) is 2.95. The molecule has 1 aromatic heterocycles. The van der Waals surface area contributed by atoms with Crippen molar-refractivity contribution in [1.82, 2.24) is 9.97 Å². The SMILES string of the molecule is Nc1cc(NCC(F)(F)F)nc(C2CC2)n1. The van der Waals surface area contributed by atoms with Gasteiger partial charge in [0, 0.05) is 12.0 Å². The molecule has 0 spiro atoms. The van der Waals surface area contributed by atoms with Crippen molar-refractivity contribution in [2.24, 2.45) is 0 Å². The van der Waals surface area contributed by atoms with Crippen LogP contribution >= 0.6 is 0 Å². The van der Waals surface area contributed by atoms with Gasteiger partial charge < -0.3 is 11.1 Å². The second-order valence-electron chi connectivity index (χ2n) is 3.78. The number of rotatable bonds is 3. The molecule has 0 radical (unpaired) electrons. The molecule has 1 fully saturated rings. The minimum atomic E-state index is -4.26. The molecule has 0 atom stereocenters. The van der Waals surface area contributed by atoms with Gasteiger partial charge in [-0.1, -0.05) is 0 Å². The van der Waals surface area contributed by atoms with Crippen LogP contribution in [0.5, 0.6) is 0 Å². The van der Waals surface area contributed by atoms with E-state index in [-0.39, 0.29) is 17.6 Å². The van der Waals surface area contributed by atoms with Gasteiger partial charge in [-0.25, -0.2) is 9.97 Å². The molecule has 88 valence electrons. The molecule has 3 N–H and O–H groups in total. The van der Waals surface area contributed by atoms with Crippen molar-refractivity contribution in [3.05, 3.63) is 11.9 Å². The third kappa shape index (κ3) is 2.98. The van der Waals surface area contributed by atoms with Gasteiger partial charge in [0.05, 0.1) is 0 Å². The fourth-order valence-electron chi connectivity index (χ4n) is 1.29. The molecule has 0 bridgehead atoms. The number of aromatic nitrogens is 2. The van der Waals surface area contributed by atoms with E-state index in [1.807, 2.05) is 0 Å². The highest BCUT2D eigenvalue weighted by atomic mass is 19.4. The summed E-state index contributed by atoms with van der Waals surface area (Å²) in [7, 11) is 0. The van der Waals surface area contributed by atoms with Gasteiger partial charge in [-0.05, 0) is 12.8 Å². The molecule has 1 saturated carbocycles. The van der Waals surface area contributed by atoms with Crippen LogP contribution in [0.1, 0.15) is 24.6 Å². The largest absolute Gasteiger partial charge is 0.405 e. The molecule has 16 heavy (non-hydrogen) atoms. The fourth-order valence-corrected chi connectivity index (χ4v) is 1.29. The van der Waals surface area contributed by atoms with Crippen molar-refractivity contribution in [1.29, 1.82) is 0 Å². The van der Waals surface area contributed by atoms with Gasteiger partial charge in [0.25, 0.3) is 0 Å². The quantitative estimate of drug-likeness (QED) is 0.835. The van der Waals surface area contributed by atoms with Crippen molar-refractivity contribution in [2.45, 2.75) is 24.9 Å². The first kappa shape index (κ1) is 11.0. The number of anilines is 2. The van der Waals surface area contributed by atoms with Crippen LogP contribution in [0, 0.1) is 0 Å². The normalized spacial score (nSPS) is 16.2. The molecule has 2 rings (SSSR count). The van der Waals surface area contributed by atoms with Gasteiger partial charge in [0.1, 0.15) is 24.0 Å². The molecule has 0 unspecified atom stereocenters. The number of nitrogens with zero attached hydrogens (tertiary/aromatic N) is 2. The zero-order chi connectivity index (χ0) is 11.8. The first-order chi connectivity index (χ1) is 7.44. The van der Waals surface area contributed by atoms with Crippen LogP contribution < -0.4 is 11.1 Å². The molecule has 0 aliphatic heterocycles. The Kier molecular flexibility index (Phi) is 2.61. The lowest BCUT2D eigenvalue weighted by Crippen LogP contribution is -2.22. The van der Waals surface area contributed by atoms with E-state index in [0.29, 0.717) is 5.82 Å². The molecule has 0 amide bonds. The van der Waals surface area contributed by atoms with Crippen LogP contribution in [0.25, 0.3) is 0 Å². The fraction of sp³-hybridized carbons (Fsp3) is 0.556. The smallest absolute Gasteiger partial charge is 0.384 e. The van der Waals surface area contributed by atoms with Gasteiger partial charge in [-0.3, -0.25) is 0 Å². The molecule has 1 aliphatic rings. The maximum absolute atomic E-state index is 12.0. The van der Waals surface area contributed by atoms with Crippen LogP contribution in [0.3, 0.4) is 0 Å². The van der Waals surface area contributed by atoms with Crippen molar-refractivity contribution < 1.29 is 13.2 Å². The van der Waals surface area contributed by atoms with Crippen LogP contribution in [0.4, 0.5) is 24.8 Å². The van der Waals surface area contributed by atoms with E-state index in [1.165, 1.54) is 6.07 Å². The summed E-state index contributed by atoms with van der Waals surface area (Å²) in [5, 5.41) is 2.19. The van der Waals surface area contributed by atoms with Crippen molar-refractivity contribution in [3.8, 4) is 0 Å². The van der Waals surface area contributed by atoms with E-state index in [2.05, 4.69) is 15.3 Å². The number of nitrogen functional groups attached to an aromatic ring is 1. The van der Waals surface area contributed by atoms with E-state index in [0.717, 1.165) is 12.8 Å². The Morgan fingerprint density at radius 3 is 2.62 bits per heavy atom. The maximum atomic E-state index is 12.0. The van der Waals surface area contributed by atoms with E-state index < -0.39 is 12.7 Å². The highest BCUT2D eigenvalue weighted by molar-refractivity contribution is 5.45. The lowest BCUT2D eigenvalue weighted by atomic mass is 10.4. The van der Waals surface area contributed by atoms with E-state index in [4.69, 9.17) is 5.73 Å². The Morgan fingerprint density at radius 1 is 1.38 bits per heavy atom. The van der Waals surface area contributed by atoms with Gasteiger partial charge in [0.15, 0.2) is 0 Å². The molecular weight excluding hydrogens is 221 g/mol. The van der Waals surface area contributed by atoms with Gasteiger partial charge in [-0.2, -0.15) is 13.2 Å². The Hall–Kier alpha value is -1.53. The summed E-state index contributed by atoms with van der Waals surface area (Å²) in [6.45, 7) is -1.12. The van der Waals surface area contributed by atoms with E-state index in [1.54, 1.807) is 0 Å². The molecular formula is C9H11F3N4. The minimum Gasteiger partial charge on any atom is -0.384 e. The summed E-state index contributed by atoms with van der Waals surface area (Å²) in [4.78, 5) is 7.98. The Morgan fingerprint density at radius 2 is 2.06 bits per heavy atom. The summed E-state index contributed by atoms with van der Waals surface area (Å²) in [5.74, 6) is 1.12. The second-order valence-corrected chi connectivity index (χ2v) is 3.78. The molecule has 7 heteroatoms. The highest BCUT2D eigenvalue weighted by Crippen LogP contribution is 2.38. The second kappa shape index (κ2) is 3.80. The van der Waals surface area contributed by atoms with Crippen molar-refractivity contribution in [2.75, 3.05) is 17.6 Å². The average molecular weight is 232 g/mol. The summed E-state index contributed by atoms with van der Waals surface area (Å²) < 4.78 is 35.9. The molecule has 0 saturated heterocycles. The van der Waals surface area contributed by atoms with Crippen LogP contribution in [-0.4, -0.2) is 22.7 Å². The van der Waals surface area contributed by atoms with Gasteiger partial charge in [-0.15, -0.1) is 0 Å². The summed E-state index contributed by atoms with van der Waals surface area (Å²) in [6.07, 6.45) is -2.32. The number of nitrogens with two attached hydrogens (primary N) is 1. The Labute approximate surface area is 90.1 Å². The Bertz CT molecular complexity index is 387. The zero-order valence-electron chi connectivity index (χ0n) is 8.38. The topological polar surface area (TPSA) is 63.8 Å². The third-order valence-electron chi connectivity index (χ3n) is 2.18. The van der Waals surface area contributed by atoms with Gasteiger partial charge in [0.2, 0.25) is 0 Å². The third-order valence-corrected chi connectivity index (χ3v) is 2.18. The molecule has 4 nitrogen and oxygen atoms in total. The highest BCUT2D eigenvalue weighted by Gasteiger charge is 2.29. The van der Waals surface area contributed by atoms with E-state index >= 15 is 0 Å².